The predicted octanol–water partition coefficient (Wildman–Crippen LogP) is 2.82. The van der Waals surface area contributed by atoms with Crippen LogP contribution < -0.4 is 4.72 Å². The smallest absolute Gasteiger partial charge is 0.371 e. The van der Waals surface area contributed by atoms with Crippen molar-refractivity contribution in [1.82, 2.24) is 0 Å². The number of benzene rings is 1. The number of hydrogen-bond donors (Lipinski definition) is 2. The number of furan rings is 1. The summed E-state index contributed by atoms with van der Waals surface area (Å²) in [6, 6.07) is 3.03. The van der Waals surface area contributed by atoms with Crippen molar-refractivity contribution in [3.63, 3.8) is 0 Å². The van der Waals surface area contributed by atoms with Crippen LogP contribution in [0.1, 0.15) is 10.6 Å². The van der Waals surface area contributed by atoms with Gasteiger partial charge >= 0.3 is 5.97 Å². The number of carboxylic acid groups (broad SMARTS) is 1. The first-order valence-electron chi connectivity index (χ1n) is 5.21. The highest BCUT2D eigenvalue weighted by atomic mass is 79.9. The Labute approximate surface area is 125 Å². The van der Waals surface area contributed by atoms with E-state index in [-0.39, 0.29) is 4.67 Å². The fourth-order valence-corrected chi connectivity index (χ4v) is 3.42. The number of carbonyl (C=O) groups is 1. The molecule has 0 amide bonds. The maximum absolute atomic E-state index is 13.4. The molecular formula is C11H6BrF2NO5S. The molecule has 1 aromatic heterocycles. The molecule has 0 bridgehead atoms. The number of aromatic carboxylic acids is 1. The van der Waals surface area contributed by atoms with E-state index >= 15 is 0 Å². The zero-order valence-corrected chi connectivity index (χ0v) is 12.3. The van der Waals surface area contributed by atoms with Crippen LogP contribution in [0.4, 0.5) is 14.5 Å². The van der Waals surface area contributed by atoms with E-state index in [9.17, 15) is 22.0 Å². The summed E-state index contributed by atoms with van der Waals surface area (Å²) in [6.07, 6.45) is 0. The highest BCUT2D eigenvalue weighted by Crippen LogP contribution is 2.28. The largest absolute Gasteiger partial charge is 0.475 e. The van der Waals surface area contributed by atoms with Crippen molar-refractivity contribution in [2.24, 2.45) is 0 Å². The first-order chi connectivity index (χ1) is 9.70. The fourth-order valence-electron chi connectivity index (χ4n) is 1.41. The number of rotatable bonds is 4. The molecule has 0 aliphatic heterocycles. The first-order valence-corrected chi connectivity index (χ1v) is 7.49. The van der Waals surface area contributed by atoms with Gasteiger partial charge in [-0.25, -0.2) is 22.0 Å². The van der Waals surface area contributed by atoms with Gasteiger partial charge in [0.1, 0.15) is 16.5 Å². The Morgan fingerprint density at radius 3 is 2.48 bits per heavy atom. The Hall–Kier alpha value is -1.94. The van der Waals surface area contributed by atoms with Crippen molar-refractivity contribution < 1.29 is 31.5 Å². The number of carboxylic acids is 1. The Balaban J connectivity index is 2.41. The molecule has 21 heavy (non-hydrogen) atoms. The zero-order chi connectivity index (χ0) is 15.8. The third-order valence-electron chi connectivity index (χ3n) is 2.33. The summed E-state index contributed by atoms with van der Waals surface area (Å²) < 4.78 is 56.5. The molecule has 0 fully saturated rings. The molecule has 0 atom stereocenters. The quantitative estimate of drug-likeness (QED) is 0.848. The van der Waals surface area contributed by atoms with E-state index in [1.54, 1.807) is 0 Å². The Morgan fingerprint density at radius 1 is 1.29 bits per heavy atom. The SMILES string of the molecule is O=C(O)c1cc(S(=O)(=O)Nc2ccc(F)cc2F)c(Br)o1. The second-order valence-electron chi connectivity index (χ2n) is 3.78. The number of hydrogen-bond acceptors (Lipinski definition) is 4. The average molecular weight is 382 g/mol. The van der Waals surface area contributed by atoms with Crippen LogP contribution in [0.3, 0.4) is 0 Å². The molecule has 0 spiro atoms. The Kier molecular flexibility index (Phi) is 4.01. The molecule has 10 heteroatoms. The summed E-state index contributed by atoms with van der Waals surface area (Å²) in [5.74, 6) is -4.06. The van der Waals surface area contributed by atoms with Crippen molar-refractivity contribution >= 4 is 37.6 Å². The van der Waals surface area contributed by atoms with Gasteiger partial charge < -0.3 is 9.52 Å². The van der Waals surface area contributed by atoms with Crippen molar-refractivity contribution in [1.29, 1.82) is 0 Å². The molecule has 0 radical (unpaired) electrons. The average Bonchev–Trinajstić information content (AvgIpc) is 2.76. The summed E-state index contributed by atoms with van der Waals surface area (Å²) >= 11 is 2.76. The summed E-state index contributed by atoms with van der Waals surface area (Å²) in [7, 11) is -4.31. The van der Waals surface area contributed by atoms with Gasteiger partial charge in [-0.2, -0.15) is 0 Å². The second kappa shape index (κ2) is 5.45. The minimum absolute atomic E-state index is 0.352. The normalized spacial score (nSPS) is 11.4. The van der Waals surface area contributed by atoms with Gasteiger partial charge in [0.15, 0.2) is 4.67 Å². The summed E-state index contributed by atoms with van der Waals surface area (Å²) in [5.41, 5.74) is -0.485. The molecule has 2 rings (SSSR count). The first kappa shape index (κ1) is 15.4. The van der Waals surface area contributed by atoms with E-state index < -0.39 is 44.0 Å². The van der Waals surface area contributed by atoms with Gasteiger partial charge in [0, 0.05) is 12.1 Å². The van der Waals surface area contributed by atoms with Gasteiger partial charge in [0.25, 0.3) is 10.0 Å². The van der Waals surface area contributed by atoms with Crippen molar-refractivity contribution in [2.75, 3.05) is 4.72 Å². The van der Waals surface area contributed by atoms with Crippen LogP contribution in [0.2, 0.25) is 0 Å². The second-order valence-corrected chi connectivity index (χ2v) is 6.15. The van der Waals surface area contributed by atoms with Crippen LogP contribution in [0, 0.1) is 11.6 Å². The Morgan fingerprint density at radius 2 is 1.95 bits per heavy atom. The predicted molar refractivity (Wildman–Crippen MR) is 70.5 cm³/mol. The molecule has 112 valence electrons. The van der Waals surface area contributed by atoms with E-state index in [4.69, 9.17) is 9.52 Å². The summed E-state index contributed by atoms with van der Waals surface area (Å²) in [6.45, 7) is 0. The molecule has 0 aliphatic carbocycles. The molecule has 0 saturated heterocycles. The lowest BCUT2D eigenvalue weighted by atomic mass is 10.3. The highest BCUT2D eigenvalue weighted by molar-refractivity contribution is 9.10. The Bertz CT molecular complexity index is 818. The van der Waals surface area contributed by atoms with E-state index in [2.05, 4.69) is 15.9 Å². The number of anilines is 1. The van der Waals surface area contributed by atoms with Gasteiger partial charge in [0.05, 0.1) is 5.69 Å². The summed E-state index contributed by atoms with van der Waals surface area (Å²) in [4.78, 5) is 10.2. The minimum atomic E-state index is -4.31. The fraction of sp³-hybridized carbons (Fsp3) is 0. The molecule has 2 aromatic rings. The number of nitrogens with one attached hydrogen (secondary N) is 1. The minimum Gasteiger partial charge on any atom is -0.475 e. The van der Waals surface area contributed by atoms with Crippen LogP contribution in [-0.2, 0) is 10.0 Å². The summed E-state index contributed by atoms with van der Waals surface area (Å²) in [5, 5.41) is 8.72. The zero-order valence-electron chi connectivity index (χ0n) is 9.93. The van der Waals surface area contributed by atoms with Crippen molar-refractivity contribution in [3.8, 4) is 0 Å². The van der Waals surface area contributed by atoms with E-state index in [0.717, 1.165) is 18.2 Å². The topological polar surface area (TPSA) is 96.6 Å². The molecule has 0 saturated carbocycles. The van der Waals surface area contributed by atoms with Crippen LogP contribution in [0.15, 0.2) is 38.2 Å². The maximum Gasteiger partial charge on any atom is 0.371 e. The van der Waals surface area contributed by atoms with Crippen LogP contribution in [-0.4, -0.2) is 19.5 Å². The van der Waals surface area contributed by atoms with Crippen LogP contribution in [0.5, 0.6) is 0 Å². The van der Waals surface area contributed by atoms with Crippen LogP contribution in [0.25, 0.3) is 0 Å². The van der Waals surface area contributed by atoms with Crippen molar-refractivity contribution in [3.05, 3.63) is 46.3 Å². The lowest BCUT2D eigenvalue weighted by Crippen LogP contribution is -2.14. The molecule has 0 unspecified atom stereocenters. The van der Waals surface area contributed by atoms with Crippen LogP contribution >= 0.6 is 15.9 Å². The molecule has 2 N–H and O–H groups in total. The van der Waals surface area contributed by atoms with E-state index in [1.165, 1.54) is 0 Å². The standard InChI is InChI=1S/C11H6BrF2NO5S/c12-10-9(4-8(20-10)11(16)17)21(18,19)15-7-2-1-5(13)3-6(7)14/h1-4,15H,(H,16,17). The number of sulfonamides is 1. The number of halogens is 3. The molecule has 1 heterocycles. The van der Waals surface area contributed by atoms with Gasteiger partial charge in [0.2, 0.25) is 5.76 Å². The van der Waals surface area contributed by atoms with Gasteiger partial charge in [-0.1, -0.05) is 0 Å². The van der Waals surface area contributed by atoms with E-state index in [1.807, 2.05) is 4.72 Å². The van der Waals surface area contributed by atoms with Gasteiger partial charge in [-0.3, -0.25) is 4.72 Å². The third-order valence-corrected chi connectivity index (χ3v) is 4.55. The lowest BCUT2D eigenvalue weighted by Gasteiger charge is -2.07. The van der Waals surface area contributed by atoms with E-state index in [0.29, 0.717) is 6.07 Å². The maximum atomic E-state index is 13.4. The molecular weight excluding hydrogens is 376 g/mol. The van der Waals surface area contributed by atoms with Gasteiger partial charge in [-0.15, -0.1) is 0 Å². The third kappa shape index (κ3) is 3.22. The lowest BCUT2D eigenvalue weighted by molar-refractivity contribution is 0.0661. The molecule has 1 aromatic carbocycles. The highest BCUT2D eigenvalue weighted by Gasteiger charge is 2.25. The van der Waals surface area contributed by atoms with Gasteiger partial charge in [-0.05, 0) is 28.1 Å². The molecule has 6 nitrogen and oxygen atoms in total. The van der Waals surface area contributed by atoms with Crippen molar-refractivity contribution in [2.45, 2.75) is 4.90 Å². The molecule has 0 aliphatic rings. The monoisotopic (exact) mass is 381 g/mol.